The number of rotatable bonds is 8. The van der Waals surface area contributed by atoms with Crippen LogP contribution in [0.15, 0.2) is 47.4 Å². The average molecular weight is 388 g/mol. The summed E-state index contributed by atoms with van der Waals surface area (Å²) in [6.45, 7) is 4.67. The summed E-state index contributed by atoms with van der Waals surface area (Å²) in [6.07, 6.45) is 1.76. The average Bonchev–Trinajstić information content (AvgIpc) is 3.44. The van der Waals surface area contributed by atoms with Gasteiger partial charge in [-0.3, -0.25) is 4.79 Å². The topological polar surface area (TPSA) is 84.5 Å². The van der Waals surface area contributed by atoms with Crippen LogP contribution in [0.2, 0.25) is 0 Å². The van der Waals surface area contributed by atoms with Crippen LogP contribution in [0, 0.1) is 13.8 Å². The van der Waals surface area contributed by atoms with Crippen molar-refractivity contribution in [3.05, 3.63) is 59.2 Å². The van der Waals surface area contributed by atoms with Crippen LogP contribution in [0.3, 0.4) is 0 Å². The monoisotopic (exact) mass is 388 g/mol. The number of carbonyl (C=O) groups is 1. The molecule has 1 amide bonds. The lowest BCUT2D eigenvalue weighted by Gasteiger charge is -2.12. The Morgan fingerprint density at radius 3 is 2.30 bits per heavy atom. The molecular formula is C20H24N2O4S. The number of ether oxygens (including phenoxy) is 1. The largest absolute Gasteiger partial charge is 0.491 e. The molecule has 2 aromatic rings. The van der Waals surface area contributed by atoms with Gasteiger partial charge in [-0.2, -0.15) is 0 Å². The summed E-state index contributed by atoms with van der Waals surface area (Å²) in [4.78, 5) is 12.4. The number of amides is 1. The van der Waals surface area contributed by atoms with Crippen LogP contribution in [0.4, 0.5) is 0 Å². The van der Waals surface area contributed by atoms with Gasteiger partial charge < -0.3 is 10.1 Å². The number of benzene rings is 2. The Hall–Kier alpha value is -2.38. The summed E-state index contributed by atoms with van der Waals surface area (Å²) < 4.78 is 32.6. The molecule has 0 atom stereocenters. The van der Waals surface area contributed by atoms with Crippen molar-refractivity contribution in [2.24, 2.45) is 0 Å². The zero-order valence-electron chi connectivity index (χ0n) is 15.5. The number of para-hydroxylation sites is 1. The maximum atomic E-state index is 12.2. The summed E-state index contributed by atoms with van der Waals surface area (Å²) in [5.74, 6) is 0.573. The molecular weight excluding hydrogens is 364 g/mol. The van der Waals surface area contributed by atoms with Gasteiger partial charge >= 0.3 is 0 Å². The Morgan fingerprint density at radius 1 is 1.07 bits per heavy atom. The fraction of sp³-hybridized carbons (Fsp3) is 0.350. The minimum atomic E-state index is -3.50. The molecule has 0 heterocycles. The fourth-order valence-electron chi connectivity index (χ4n) is 2.72. The summed E-state index contributed by atoms with van der Waals surface area (Å²) in [6, 6.07) is 11.9. The van der Waals surface area contributed by atoms with Crippen molar-refractivity contribution in [1.82, 2.24) is 10.0 Å². The molecule has 1 fully saturated rings. The number of hydrogen-bond acceptors (Lipinski definition) is 4. The van der Waals surface area contributed by atoms with Crippen molar-refractivity contribution in [2.45, 2.75) is 37.6 Å². The molecule has 0 bridgehead atoms. The number of nitrogens with one attached hydrogen (secondary N) is 2. The zero-order valence-corrected chi connectivity index (χ0v) is 16.3. The number of sulfonamides is 1. The number of aryl methyl sites for hydroxylation is 2. The SMILES string of the molecule is Cc1cccc(C)c1OCCNC(=O)c1ccc(S(=O)(=O)NC2CC2)cc1. The molecule has 3 rings (SSSR count). The summed E-state index contributed by atoms with van der Waals surface area (Å²) in [5.41, 5.74) is 2.52. The van der Waals surface area contributed by atoms with E-state index in [9.17, 15) is 13.2 Å². The smallest absolute Gasteiger partial charge is 0.251 e. The molecule has 6 nitrogen and oxygen atoms in total. The van der Waals surface area contributed by atoms with Crippen LogP contribution in [-0.2, 0) is 10.0 Å². The van der Waals surface area contributed by atoms with Gasteiger partial charge in [0.05, 0.1) is 11.4 Å². The van der Waals surface area contributed by atoms with Crippen LogP contribution in [0.25, 0.3) is 0 Å². The van der Waals surface area contributed by atoms with Crippen molar-refractivity contribution in [2.75, 3.05) is 13.2 Å². The highest BCUT2D eigenvalue weighted by Crippen LogP contribution is 2.23. The van der Waals surface area contributed by atoms with E-state index in [1.807, 2.05) is 32.0 Å². The van der Waals surface area contributed by atoms with E-state index in [1.165, 1.54) is 24.3 Å². The molecule has 2 N–H and O–H groups in total. The molecule has 0 aliphatic heterocycles. The van der Waals surface area contributed by atoms with Gasteiger partial charge in [0.15, 0.2) is 0 Å². The number of carbonyl (C=O) groups excluding carboxylic acids is 1. The summed E-state index contributed by atoms with van der Waals surface area (Å²) in [7, 11) is -3.50. The van der Waals surface area contributed by atoms with Gasteiger partial charge in [-0.05, 0) is 62.1 Å². The van der Waals surface area contributed by atoms with Crippen LogP contribution in [0.1, 0.15) is 34.3 Å². The van der Waals surface area contributed by atoms with Crippen molar-refractivity contribution < 1.29 is 17.9 Å². The van der Waals surface area contributed by atoms with Crippen molar-refractivity contribution >= 4 is 15.9 Å². The van der Waals surface area contributed by atoms with Gasteiger partial charge in [-0.1, -0.05) is 18.2 Å². The molecule has 0 unspecified atom stereocenters. The fourth-order valence-corrected chi connectivity index (χ4v) is 4.03. The maximum Gasteiger partial charge on any atom is 0.251 e. The lowest BCUT2D eigenvalue weighted by Crippen LogP contribution is -2.28. The quantitative estimate of drug-likeness (QED) is 0.681. The van der Waals surface area contributed by atoms with Crippen molar-refractivity contribution in [1.29, 1.82) is 0 Å². The Balaban J connectivity index is 1.51. The predicted octanol–water partition coefficient (Wildman–Crippen LogP) is 2.55. The van der Waals surface area contributed by atoms with Crippen LogP contribution >= 0.6 is 0 Å². The van der Waals surface area contributed by atoms with E-state index in [1.54, 1.807) is 0 Å². The normalized spacial score (nSPS) is 14.0. The summed E-state index contributed by atoms with van der Waals surface area (Å²) >= 11 is 0. The first-order valence-electron chi connectivity index (χ1n) is 8.96. The molecule has 2 aromatic carbocycles. The van der Waals surface area contributed by atoms with Crippen LogP contribution in [-0.4, -0.2) is 33.5 Å². The minimum Gasteiger partial charge on any atom is -0.491 e. The maximum absolute atomic E-state index is 12.2. The third kappa shape index (κ3) is 5.08. The first-order chi connectivity index (χ1) is 12.9. The molecule has 1 aliphatic rings. The third-order valence-corrected chi connectivity index (χ3v) is 5.91. The standard InChI is InChI=1S/C20H24N2O4S/c1-14-4-3-5-15(2)19(14)26-13-12-21-20(23)16-6-10-18(11-7-16)27(24,25)22-17-8-9-17/h3-7,10-11,17,22H,8-9,12-13H2,1-2H3,(H,21,23). The molecule has 27 heavy (non-hydrogen) atoms. The minimum absolute atomic E-state index is 0.0508. The predicted molar refractivity (Wildman–Crippen MR) is 104 cm³/mol. The van der Waals surface area contributed by atoms with Crippen LogP contribution in [0.5, 0.6) is 5.75 Å². The van der Waals surface area contributed by atoms with E-state index in [0.29, 0.717) is 18.7 Å². The molecule has 1 aliphatic carbocycles. The molecule has 0 saturated heterocycles. The first kappa shape index (κ1) is 19.4. The summed E-state index contributed by atoms with van der Waals surface area (Å²) in [5, 5.41) is 2.78. The van der Waals surface area contributed by atoms with Crippen molar-refractivity contribution in [3.63, 3.8) is 0 Å². The van der Waals surface area contributed by atoms with Gasteiger partial charge in [0.1, 0.15) is 12.4 Å². The Labute approximate surface area is 160 Å². The van der Waals surface area contributed by atoms with Gasteiger partial charge in [0.25, 0.3) is 5.91 Å². The lowest BCUT2D eigenvalue weighted by atomic mass is 10.1. The van der Waals surface area contributed by atoms with E-state index in [2.05, 4.69) is 10.0 Å². The highest BCUT2D eigenvalue weighted by molar-refractivity contribution is 7.89. The third-order valence-electron chi connectivity index (χ3n) is 4.37. The Kier molecular flexibility index (Phi) is 5.82. The molecule has 0 aromatic heterocycles. The molecule has 0 spiro atoms. The van der Waals surface area contributed by atoms with Gasteiger partial charge in [0.2, 0.25) is 10.0 Å². The van der Waals surface area contributed by atoms with Crippen molar-refractivity contribution in [3.8, 4) is 5.75 Å². The second-order valence-electron chi connectivity index (χ2n) is 6.75. The molecule has 7 heteroatoms. The second kappa shape index (κ2) is 8.10. The van der Waals surface area contributed by atoms with Crippen LogP contribution < -0.4 is 14.8 Å². The number of hydrogen-bond donors (Lipinski definition) is 2. The Morgan fingerprint density at radius 2 is 1.70 bits per heavy atom. The highest BCUT2D eigenvalue weighted by atomic mass is 32.2. The van der Waals surface area contributed by atoms with E-state index in [4.69, 9.17) is 4.74 Å². The highest BCUT2D eigenvalue weighted by Gasteiger charge is 2.27. The molecule has 1 saturated carbocycles. The first-order valence-corrected chi connectivity index (χ1v) is 10.4. The zero-order chi connectivity index (χ0) is 19.4. The Bertz CT molecular complexity index is 899. The van der Waals surface area contributed by atoms with E-state index in [-0.39, 0.29) is 16.8 Å². The van der Waals surface area contributed by atoms with E-state index >= 15 is 0 Å². The van der Waals surface area contributed by atoms with E-state index in [0.717, 1.165) is 29.7 Å². The van der Waals surface area contributed by atoms with Gasteiger partial charge in [0, 0.05) is 11.6 Å². The van der Waals surface area contributed by atoms with Gasteiger partial charge in [-0.25, -0.2) is 13.1 Å². The van der Waals surface area contributed by atoms with E-state index < -0.39 is 10.0 Å². The lowest BCUT2D eigenvalue weighted by molar-refractivity contribution is 0.0947. The molecule has 144 valence electrons. The second-order valence-corrected chi connectivity index (χ2v) is 8.46. The van der Waals surface area contributed by atoms with Gasteiger partial charge in [-0.15, -0.1) is 0 Å². The molecule has 0 radical (unpaired) electrons.